The van der Waals surface area contributed by atoms with Crippen LogP contribution in [0.5, 0.6) is 0 Å². The molecule has 21 heavy (non-hydrogen) atoms. The van der Waals surface area contributed by atoms with Crippen LogP contribution in [0, 0.1) is 0 Å². The van der Waals surface area contributed by atoms with Gasteiger partial charge in [0.1, 0.15) is 0 Å². The van der Waals surface area contributed by atoms with E-state index in [4.69, 9.17) is 0 Å². The molecule has 0 unspecified atom stereocenters. The molecule has 1 aromatic rings. The van der Waals surface area contributed by atoms with Crippen molar-refractivity contribution in [1.29, 1.82) is 0 Å². The monoisotopic (exact) mass is 289 g/mol. The second kappa shape index (κ2) is 7.90. The first-order valence-corrected chi connectivity index (χ1v) is 7.54. The van der Waals surface area contributed by atoms with Crippen LogP contribution in [0.2, 0.25) is 0 Å². The van der Waals surface area contributed by atoms with E-state index < -0.39 is 0 Å². The molecule has 1 heterocycles. The molecule has 114 valence electrons. The van der Waals surface area contributed by atoms with Crippen LogP contribution >= 0.6 is 0 Å². The molecule has 2 N–H and O–H groups in total. The second-order valence-corrected chi connectivity index (χ2v) is 5.29. The summed E-state index contributed by atoms with van der Waals surface area (Å²) in [6.45, 7) is 5.13. The topological polar surface area (TPSA) is 61.4 Å². The molecular weight excluding hydrogens is 266 g/mol. The summed E-state index contributed by atoms with van der Waals surface area (Å²) in [5.74, 6) is -0.564. The van der Waals surface area contributed by atoms with Gasteiger partial charge in [0.2, 0.25) is 5.91 Å². The molecule has 1 aromatic carbocycles. The average molecular weight is 289 g/mol. The fraction of sp³-hybridized carbons (Fsp3) is 0.500. The predicted molar refractivity (Wildman–Crippen MR) is 82.1 cm³/mol. The zero-order chi connectivity index (χ0) is 15.1. The summed E-state index contributed by atoms with van der Waals surface area (Å²) in [4.78, 5) is 26.1. The highest BCUT2D eigenvalue weighted by Gasteiger charge is 2.22. The van der Waals surface area contributed by atoms with Gasteiger partial charge in [0.05, 0.1) is 6.54 Å². The van der Waals surface area contributed by atoms with Gasteiger partial charge >= 0.3 is 0 Å². The van der Waals surface area contributed by atoms with Crippen LogP contribution in [-0.4, -0.2) is 48.9 Å². The van der Waals surface area contributed by atoms with Crippen molar-refractivity contribution in [2.24, 2.45) is 0 Å². The van der Waals surface area contributed by atoms with E-state index in [1.165, 1.54) is 0 Å². The number of nitrogens with one attached hydrogen (secondary N) is 2. The molecule has 1 saturated heterocycles. The fourth-order valence-electron chi connectivity index (χ4n) is 2.68. The standard InChI is InChI=1S/C16H23N3O2/c1-2-19(14-8-10-17-11-9-14)12-15(20)18-16(21)13-6-4-3-5-7-13/h3-7,14,17H,2,8-12H2,1H3,(H,18,20,21). The Bertz CT molecular complexity index is 470. The number of imide groups is 1. The van der Waals surface area contributed by atoms with Crippen molar-refractivity contribution < 1.29 is 9.59 Å². The first-order valence-electron chi connectivity index (χ1n) is 7.54. The summed E-state index contributed by atoms with van der Waals surface area (Å²) >= 11 is 0. The van der Waals surface area contributed by atoms with Gasteiger partial charge in [-0.3, -0.25) is 19.8 Å². The number of benzene rings is 1. The third-order valence-corrected chi connectivity index (χ3v) is 3.87. The highest BCUT2D eigenvalue weighted by atomic mass is 16.2. The quantitative estimate of drug-likeness (QED) is 0.849. The lowest BCUT2D eigenvalue weighted by molar-refractivity contribution is -0.121. The predicted octanol–water partition coefficient (Wildman–Crippen LogP) is 1.02. The molecule has 0 bridgehead atoms. The van der Waals surface area contributed by atoms with Crippen molar-refractivity contribution in [2.45, 2.75) is 25.8 Å². The number of carbonyl (C=O) groups excluding carboxylic acids is 2. The Balaban J connectivity index is 1.86. The molecule has 1 fully saturated rings. The fourth-order valence-corrected chi connectivity index (χ4v) is 2.68. The van der Waals surface area contributed by atoms with Crippen molar-refractivity contribution in [3.8, 4) is 0 Å². The van der Waals surface area contributed by atoms with E-state index >= 15 is 0 Å². The van der Waals surface area contributed by atoms with E-state index in [2.05, 4.69) is 15.5 Å². The van der Waals surface area contributed by atoms with Crippen molar-refractivity contribution in [1.82, 2.24) is 15.5 Å². The maximum Gasteiger partial charge on any atom is 0.257 e. The first kappa shape index (κ1) is 15.7. The Morgan fingerprint density at radius 3 is 2.52 bits per heavy atom. The van der Waals surface area contributed by atoms with Gasteiger partial charge in [-0.15, -0.1) is 0 Å². The van der Waals surface area contributed by atoms with Crippen LogP contribution < -0.4 is 10.6 Å². The van der Waals surface area contributed by atoms with Gasteiger partial charge in [-0.2, -0.15) is 0 Å². The molecule has 1 aliphatic heterocycles. The minimum Gasteiger partial charge on any atom is -0.317 e. The molecule has 0 radical (unpaired) electrons. The van der Waals surface area contributed by atoms with Crippen molar-refractivity contribution >= 4 is 11.8 Å². The van der Waals surface area contributed by atoms with E-state index in [9.17, 15) is 9.59 Å². The van der Waals surface area contributed by atoms with Gasteiger partial charge in [0.15, 0.2) is 0 Å². The van der Waals surface area contributed by atoms with Crippen molar-refractivity contribution in [3.63, 3.8) is 0 Å². The van der Waals surface area contributed by atoms with Gasteiger partial charge in [-0.25, -0.2) is 0 Å². The average Bonchev–Trinajstić information content (AvgIpc) is 2.54. The molecule has 5 nitrogen and oxygen atoms in total. The van der Waals surface area contributed by atoms with E-state index in [-0.39, 0.29) is 18.4 Å². The summed E-state index contributed by atoms with van der Waals surface area (Å²) in [6, 6.07) is 9.24. The van der Waals surface area contributed by atoms with Gasteiger partial charge in [-0.05, 0) is 44.6 Å². The van der Waals surface area contributed by atoms with Crippen LogP contribution in [0.1, 0.15) is 30.1 Å². The number of rotatable bonds is 5. The van der Waals surface area contributed by atoms with E-state index in [0.29, 0.717) is 11.6 Å². The van der Waals surface area contributed by atoms with Crippen LogP contribution in [0.15, 0.2) is 30.3 Å². The number of likely N-dealkylation sites (N-methyl/N-ethyl adjacent to an activating group) is 1. The third kappa shape index (κ3) is 4.65. The molecule has 0 spiro atoms. The van der Waals surface area contributed by atoms with E-state index in [0.717, 1.165) is 32.5 Å². The highest BCUT2D eigenvalue weighted by Crippen LogP contribution is 2.11. The molecule has 2 rings (SSSR count). The number of carbonyl (C=O) groups is 2. The maximum absolute atomic E-state index is 12.0. The Morgan fingerprint density at radius 1 is 1.24 bits per heavy atom. The maximum atomic E-state index is 12.0. The SMILES string of the molecule is CCN(CC(=O)NC(=O)c1ccccc1)C1CCNCC1. The molecular formula is C16H23N3O2. The highest BCUT2D eigenvalue weighted by molar-refractivity contribution is 6.05. The Morgan fingerprint density at radius 2 is 1.90 bits per heavy atom. The molecule has 0 saturated carbocycles. The van der Waals surface area contributed by atoms with Gasteiger partial charge in [0.25, 0.3) is 5.91 Å². The van der Waals surface area contributed by atoms with Gasteiger partial charge in [0, 0.05) is 11.6 Å². The third-order valence-electron chi connectivity index (χ3n) is 3.87. The number of hydrogen-bond donors (Lipinski definition) is 2. The lowest BCUT2D eigenvalue weighted by Crippen LogP contribution is -2.48. The summed E-state index contributed by atoms with van der Waals surface area (Å²) in [6.07, 6.45) is 2.10. The molecule has 0 aliphatic carbocycles. The van der Waals surface area contributed by atoms with Crippen LogP contribution in [-0.2, 0) is 4.79 Å². The molecule has 0 atom stereocenters. The zero-order valence-corrected chi connectivity index (χ0v) is 12.5. The summed E-state index contributed by atoms with van der Waals surface area (Å²) in [5, 5.41) is 5.78. The van der Waals surface area contributed by atoms with E-state index in [1.807, 2.05) is 13.0 Å². The number of hydrogen-bond acceptors (Lipinski definition) is 4. The molecule has 2 amide bonds. The minimum atomic E-state index is -0.332. The van der Waals surface area contributed by atoms with Crippen molar-refractivity contribution in [3.05, 3.63) is 35.9 Å². The zero-order valence-electron chi connectivity index (χ0n) is 12.5. The normalized spacial score (nSPS) is 15.9. The summed E-state index contributed by atoms with van der Waals surface area (Å²) in [5.41, 5.74) is 0.510. The Hall–Kier alpha value is -1.72. The van der Waals surface area contributed by atoms with Crippen LogP contribution in [0.3, 0.4) is 0 Å². The molecule has 5 heteroatoms. The van der Waals surface area contributed by atoms with Crippen LogP contribution in [0.25, 0.3) is 0 Å². The first-order chi connectivity index (χ1) is 10.2. The number of piperidine rings is 1. The number of nitrogens with zero attached hydrogens (tertiary/aromatic N) is 1. The van der Waals surface area contributed by atoms with Gasteiger partial charge < -0.3 is 5.32 Å². The minimum absolute atomic E-state index is 0.232. The van der Waals surface area contributed by atoms with Gasteiger partial charge in [-0.1, -0.05) is 25.1 Å². The van der Waals surface area contributed by atoms with E-state index in [1.54, 1.807) is 24.3 Å². The Labute approximate surface area is 125 Å². The van der Waals surface area contributed by atoms with Crippen molar-refractivity contribution in [2.75, 3.05) is 26.2 Å². The Kier molecular flexibility index (Phi) is 5.90. The molecule has 1 aliphatic rings. The number of amides is 2. The lowest BCUT2D eigenvalue weighted by Gasteiger charge is -2.33. The second-order valence-electron chi connectivity index (χ2n) is 5.29. The molecule has 0 aromatic heterocycles. The lowest BCUT2D eigenvalue weighted by atomic mass is 10.0. The summed E-state index contributed by atoms with van der Waals surface area (Å²) < 4.78 is 0. The van der Waals surface area contributed by atoms with Crippen LogP contribution in [0.4, 0.5) is 0 Å². The summed E-state index contributed by atoms with van der Waals surface area (Å²) in [7, 11) is 0. The smallest absolute Gasteiger partial charge is 0.257 e. The largest absolute Gasteiger partial charge is 0.317 e.